The van der Waals surface area contributed by atoms with Gasteiger partial charge in [0.05, 0.1) is 0 Å². The molecule has 0 saturated heterocycles. The lowest BCUT2D eigenvalue weighted by atomic mass is 10.1. The molecule has 2 aromatic rings. The van der Waals surface area contributed by atoms with Gasteiger partial charge in [-0.3, -0.25) is 9.59 Å². The van der Waals surface area contributed by atoms with Crippen LogP contribution in [0.5, 0.6) is 0 Å². The topological polar surface area (TPSA) is 63.1 Å². The molecular formula is C18H25N3O2S. The number of fused-ring (bicyclic) bond motifs is 1. The molecule has 0 aliphatic rings. The van der Waals surface area contributed by atoms with Gasteiger partial charge >= 0.3 is 0 Å². The van der Waals surface area contributed by atoms with E-state index < -0.39 is 6.04 Å². The molecule has 2 amide bonds. The number of hydrogen-bond donors (Lipinski definition) is 2. The van der Waals surface area contributed by atoms with Gasteiger partial charge in [0, 0.05) is 35.8 Å². The summed E-state index contributed by atoms with van der Waals surface area (Å²) in [5.74, 6) is 0.548. The fraction of sp³-hybridized carbons (Fsp3) is 0.444. The number of thioether (sulfide) groups is 1. The molecule has 2 rings (SSSR count). The third kappa shape index (κ3) is 4.54. The van der Waals surface area contributed by atoms with Crippen molar-refractivity contribution >= 4 is 40.2 Å². The smallest absolute Gasteiger partial charge is 0.246 e. The van der Waals surface area contributed by atoms with Gasteiger partial charge in [0.25, 0.3) is 0 Å². The molecule has 1 heterocycles. The van der Waals surface area contributed by atoms with Crippen LogP contribution in [0, 0.1) is 0 Å². The number of benzene rings is 1. The second-order valence-electron chi connectivity index (χ2n) is 5.62. The summed E-state index contributed by atoms with van der Waals surface area (Å²) in [5, 5.41) is 6.82. The van der Waals surface area contributed by atoms with Crippen LogP contribution >= 0.6 is 11.8 Å². The van der Waals surface area contributed by atoms with E-state index in [1.54, 1.807) is 18.7 Å². The molecule has 1 aromatic carbocycles. The first-order valence-corrected chi connectivity index (χ1v) is 9.66. The Morgan fingerprint density at radius 2 is 2.04 bits per heavy atom. The first-order chi connectivity index (χ1) is 11.6. The molecule has 1 atom stereocenters. The van der Waals surface area contributed by atoms with Gasteiger partial charge in [0.2, 0.25) is 11.8 Å². The highest BCUT2D eigenvalue weighted by atomic mass is 32.2. The summed E-state index contributed by atoms with van der Waals surface area (Å²) in [6.45, 7) is 4.79. The molecule has 6 heteroatoms. The zero-order valence-corrected chi connectivity index (χ0v) is 15.3. The summed E-state index contributed by atoms with van der Waals surface area (Å²) in [6.07, 6.45) is 5.02. The van der Waals surface area contributed by atoms with Crippen LogP contribution in [0.25, 0.3) is 10.9 Å². The molecule has 0 unspecified atom stereocenters. The van der Waals surface area contributed by atoms with E-state index in [9.17, 15) is 9.59 Å². The summed E-state index contributed by atoms with van der Waals surface area (Å²) in [4.78, 5) is 24.2. The molecule has 0 aliphatic heterocycles. The molecule has 0 fully saturated rings. The number of amides is 2. The van der Waals surface area contributed by atoms with E-state index in [2.05, 4.69) is 22.1 Å². The Balaban J connectivity index is 2.11. The van der Waals surface area contributed by atoms with Crippen LogP contribution < -0.4 is 10.6 Å². The van der Waals surface area contributed by atoms with Crippen LogP contribution in [0.3, 0.4) is 0 Å². The minimum atomic E-state index is -0.499. The highest BCUT2D eigenvalue weighted by molar-refractivity contribution is 7.98. The Morgan fingerprint density at radius 3 is 2.71 bits per heavy atom. The van der Waals surface area contributed by atoms with Gasteiger partial charge in [-0.2, -0.15) is 11.8 Å². The zero-order valence-electron chi connectivity index (χ0n) is 14.5. The third-order valence-electron chi connectivity index (χ3n) is 3.96. The van der Waals surface area contributed by atoms with Crippen LogP contribution in [0.1, 0.15) is 26.7 Å². The minimum absolute atomic E-state index is 0.105. The standard InChI is InChI=1S/C18H25N3O2S/c1-4-17(22)20-15(9-11-24-3)18(23)19-14-6-7-16-13(12-14)8-10-21(16)5-2/h6-8,10,12,15H,4-5,9,11H2,1-3H3,(H,19,23)(H,20,22)/t15-/m0/s1. The number of nitrogens with zero attached hydrogens (tertiary/aromatic N) is 1. The van der Waals surface area contributed by atoms with E-state index >= 15 is 0 Å². The third-order valence-corrected chi connectivity index (χ3v) is 4.61. The van der Waals surface area contributed by atoms with Crippen molar-refractivity contribution in [2.24, 2.45) is 0 Å². The average molecular weight is 347 g/mol. The predicted octanol–water partition coefficient (Wildman–Crippen LogP) is 3.25. The van der Waals surface area contributed by atoms with Gasteiger partial charge in [-0.1, -0.05) is 6.92 Å². The Kier molecular flexibility index (Phi) is 6.73. The summed E-state index contributed by atoms with van der Waals surface area (Å²) < 4.78 is 2.16. The number of aromatic nitrogens is 1. The fourth-order valence-electron chi connectivity index (χ4n) is 2.58. The molecule has 1 aromatic heterocycles. The lowest BCUT2D eigenvalue weighted by Gasteiger charge is -2.18. The van der Waals surface area contributed by atoms with E-state index in [-0.39, 0.29) is 11.8 Å². The number of carbonyl (C=O) groups excluding carboxylic acids is 2. The lowest BCUT2D eigenvalue weighted by molar-refractivity contribution is -0.126. The van der Waals surface area contributed by atoms with E-state index in [1.165, 1.54) is 0 Å². The van der Waals surface area contributed by atoms with Crippen molar-refractivity contribution in [3.8, 4) is 0 Å². The molecule has 5 nitrogen and oxygen atoms in total. The van der Waals surface area contributed by atoms with Gasteiger partial charge < -0.3 is 15.2 Å². The highest BCUT2D eigenvalue weighted by Crippen LogP contribution is 2.21. The molecule has 0 spiro atoms. The average Bonchev–Trinajstić information content (AvgIpc) is 3.00. The molecule has 0 saturated carbocycles. The first kappa shape index (κ1) is 18.4. The van der Waals surface area contributed by atoms with Gasteiger partial charge in [0.1, 0.15) is 6.04 Å². The second-order valence-corrected chi connectivity index (χ2v) is 6.61. The first-order valence-electron chi connectivity index (χ1n) is 8.27. The maximum atomic E-state index is 12.5. The van der Waals surface area contributed by atoms with Crippen molar-refractivity contribution in [2.75, 3.05) is 17.3 Å². The quantitative estimate of drug-likeness (QED) is 0.770. The number of rotatable bonds is 8. The van der Waals surface area contributed by atoms with Gasteiger partial charge in [-0.25, -0.2) is 0 Å². The number of carbonyl (C=O) groups is 2. The number of anilines is 1. The largest absolute Gasteiger partial charge is 0.348 e. The second kappa shape index (κ2) is 8.78. The van der Waals surface area contributed by atoms with Crippen LogP contribution in [0.4, 0.5) is 5.69 Å². The molecule has 0 bridgehead atoms. The zero-order chi connectivity index (χ0) is 17.5. The fourth-order valence-corrected chi connectivity index (χ4v) is 3.06. The SMILES string of the molecule is CCC(=O)N[C@@H](CCSC)C(=O)Nc1ccc2c(ccn2CC)c1. The molecule has 0 aliphatic carbocycles. The van der Waals surface area contributed by atoms with E-state index in [1.807, 2.05) is 36.7 Å². The van der Waals surface area contributed by atoms with E-state index in [4.69, 9.17) is 0 Å². The Hall–Kier alpha value is -1.95. The van der Waals surface area contributed by atoms with Gasteiger partial charge in [0.15, 0.2) is 0 Å². The molecule has 0 radical (unpaired) electrons. The van der Waals surface area contributed by atoms with E-state index in [0.29, 0.717) is 12.8 Å². The van der Waals surface area contributed by atoms with Crippen LogP contribution in [-0.2, 0) is 16.1 Å². The van der Waals surface area contributed by atoms with Gasteiger partial charge in [-0.05, 0) is 49.6 Å². The van der Waals surface area contributed by atoms with Crippen LogP contribution in [0.15, 0.2) is 30.5 Å². The van der Waals surface area contributed by atoms with Crippen molar-refractivity contribution in [1.82, 2.24) is 9.88 Å². The maximum Gasteiger partial charge on any atom is 0.246 e. The monoisotopic (exact) mass is 347 g/mol. The summed E-state index contributed by atoms with van der Waals surface area (Å²) >= 11 is 1.66. The Labute approximate surface area is 147 Å². The number of nitrogens with one attached hydrogen (secondary N) is 2. The molecular weight excluding hydrogens is 322 g/mol. The molecule has 24 heavy (non-hydrogen) atoms. The summed E-state index contributed by atoms with van der Waals surface area (Å²) in [6, 6.07) is 7.42. The van der Waals surface area contributed by atoms with Crippen molar-refractivity contribution in [1.29, 1.82) is 0 Å². The molecule has 2 N–H and O–H groups in total. The molecule has 130 valence electrons. The van der Waals surface area contributed by atoms with Crippen molar-refractivity contribution < 1.29 is 9.59 Å². The minimum Gasteiger partial charge on any atom is -0.348 e. The number of hydrogen-bond acceptors (Lipinski definition) is 3. The maximum absolute atomic E-state index is 12.5. The van der Waals surface area contributed by atoms with Crippen molar-refractivity contribution in [3.63, 3.8) is 0 Å². The predicted molar refractivity (Wildman–Crippen MR) is 101 cm³/mol. The number of aryl methyl sites for hydroxylation is 1. The van der Waals surface area contributed by atoms with Crippen molar-refractivity contribution in [2.45, 2.75) is 39.3 Å². The summed E-state index contributed by atoms with van der Waals surface area (Å²) in [7, 11) is 0. The Morgan fingerprint density at radius 1 is 1.25 bits per heavy atom. The van der Waals surface area contributed by atoms with Crippen molar-refractivity contribution in [3.05, 3.63) is 30.5 Å². The highest BCUT2D eigenvalue weighted by Gasteiger charge is 2.20. The Bertz CT molecular complexity index is 711. The van der Waals surface area contributed by atoms with Crippen LogP contribution in [0.2, 0.25) is 0 Å². The normalized spacial score (nSPS) is 12.1. The lowest BCUT2D eigenvalue weighted by Crippen LogP contribution is -2.43. The van der Waals surface area contributed by atoms with Crippen LogP contribution in [-0.4, -0.2) is 34.4 Å². The van der Waals surface area contributed by atoms with E-state index in [0.717, 1.165) is 28.9 Å². The summed E-state index contributed by atoms with van der Waals surface area (Å²) in [5.41, 5.74) is 1.90. The van der Waals surface area contributed by atoms with Gasteiger partial charge in [-0.15, -0.1) is 0 Å².